The lowest BCUT2D eigenvalue weighted by Crippen LogP contribution is -2.28. The SMILES string of the molecule is CC(NC(=O)CSc1nnc(-c2ccco2)o1)c1ccccc1. The Hall–Kier alpha value is -2.54. The molecule has 1 atom stereocenters. The van der Waals surface area contributed by atoms with Gasteiger partial charge in [-0.1, -0.05) is 42.1 Å². The summed E-state index contributed by atoms with van der Waals surface area (Å²) in [6, 6.07) is 13.2. The van der Waals surface area contributed by atoms with Crippen molar-refractivity contribution in [3.8, 4) is 11.7 Å². The maximum absolute atomic E-state index is 12.0. The standard InChI is InChI=1S/C16H15N3O3S/c1-11(12-6-3-2-4-7-12)17-14(20)10-23-16-19-18-15(22-16)13-8-5-9-21-13/h2-9,11H,10H2,1H3,(H,17,20). The Morgan fingerprint density at radius 3 is 2.78 bits per heavy atom. The van der Waals surface area contributed by atoms with Gasteiger partial charge in [-0.2, -0.15) is 0 Å². The molecular formula is C16H15N3O3S. The van der Waals surface area contributed by atoms with Gasteiger partial charge in [0.15, 0.2) is 5.76 Å². The number of carbonyl (C=O) groups excluding carboxylic acids is 1. The fourth-order valence-corrected chi connectivity index (χ4v) is 2.58. The van der Waals surface area contributed by atoms with Gasteiger partial charge in [0, 0.05) is 0 Å². The predicted molar refractivity (Wildman–Crippen MR) is 85.7 cm³/mol. The molecule has 0 radical (unpaired) electrons. The Labute approximate surface area is 137 Å². The first-order chi connectivity index (χ1) is 11.2. The van der Waals surface area contributed by atoms with Crippen molar-refractivity contribution in [3.05, 3.63) is 54.3 Å². The van der Waals surface area contributed by atoms with Gasteiger partial charge in [-0.05, 0) is 24.6 Å². The van der Waals surface area contributed by atoms with Gasteiger partial charge in [0.2, 0.25) is 5.91 Å². The molecule has 1 amide bonds. The van der Waals surface area contributed by atoms with Crippen LogP contribution in [0.1, 0.15) is 18.5 Å². The van der Waals surface area contributed by atoms with Crippen LogP contribution in [0.4, 0.5) is 0 Å². The van der Waals surface area contributed by atoms with Crippen LogP contribution in [0.15, 0.2) is 62.8 Å². The van der Waals surface area contributed by atoms with E-state index in [1.165, 1.54) is 18.0 Å². The van der Waals surface area contributed by atoms with E-state index in [-0.39, 0.29) is 17.7 Å². The van der Waals surface area contributed by atoms with Crippen LogP contribution < -0.4 is 5.32 Å². The van der Waals surface area contributed by atoms with Crippen LogP contribution in [-0.4, -0.2) is 21.9 Å². The summed E-state index contributed by atoms with van der Waals surface area (Å²) < 4.78 is 10.6. The number of rotatable bonds is 6. The maximum Gasteiger partial charge on any atom is 0.284 e. The molecule has 0 spiro atoms. The predicted octanol–water partition coefficient (Wildman–Crippen LogP) is 3.30. The van der Waals surface area contributed by atoms with E-state index in [0.29, 0.717) is 16.9 Å². The van der Waals surface area contributed by atoms with Crippen molar-refractivity contribution in [1.82, 2.24) is 15.5 Å². The number of amides is 1. The molecule has 2 heterocycles. The van der Waals surface area contributed by atoms with Gasteiger partial charge in [-0.15, -0.1) is 10.2 Å². The topological polar surface area (TPSA) is 81.2 Å². The van der Waals surface area contributed by atoms with Crippen LogP contribution in [0.5, 0.6) is 0 Å². The highest BCUT2D eigenvalue weighted by Crippen LogP contribution is 2.23. The number of nitrogens with one attached hydrogen (secondary N) is 1. The number of aromatic nitrogens is 2. The lowest BCUT2D eigenvalue weighted by atomic mass is 10.1. The highest BCUT2D eigenvalue weighted by Gasteiger charge is 2.14. The Morgan fingerprint density at radius 1 is 1.22 bits per heavy atom. The summed E-state index contributed by atoms with van der Waals surface area (Å²) in [7, 11) is 0. The van der Waals surface area contributed by atoms with Gasteiger partial charge < -0.3 is 14.2 Å². The number of benzene rings is 1. The molecule has 0 aliphatic carbocycles. The van der Waals surface area contributed by atoms with Gasteiger partial charge in [0.1, 0.15) is 0 Å². The van der Waals surface area contributed by atoms with Crippen LogP contribution in [0, 0.1) is 0 Å². The zero-order chi connectivity index (χ0) is 16.1. The largest absolute Gasteiger partial charge is 0.459 e. The lowest BCUT2D eigenvalue weighted by Gasteiger charge is -2.13. The smallest absolute Gasteiger partial charge is 0.284 e. The van der Waals surface area contributed by atoms with E-state index < -0.39 is 0 Å². The fourth-order valence-electron chi connectivity index (χ4n) is 2.00. The van der Waals surface area contributed by atoms with E-state index in [0.717, 1.165) is 5.56 Å². The maximum atomic E-state index is 12.0. The van der Waals surface area contributed by atoms with Crippen molar-refractivity contribution in [2.24, 2.45) is 0 Å². The molecule has 1 N–H and O–H groups in total. The number of carbonyl (C=O) groups is 1. The Bertz CT molecular complexity index is 756. The molecule has 0 aliphatic heterocycles. The molecule has 23 heavy (non-hydrogen) atoms. The minimum Gasteiger partial charge on any atom is -0.459 e. The van der Waals surface area contributed by atoms with Crippen molar-refractivity contribution in [1.29, 1.82) is 0 Å². The number of hydrogen-bond acceptors (Lipinski definition) is 6. The van der Waals surface area contributed by atoms with Gasteiger partial charge in [0.05, 0.1) is 18.1 Å². The lowest BCUT2D eigenvalue weighted by molar-refractivity contribution is -0.119. The third kappa shape index (κ3) is 4.01. The molecule has 7 heteroatoms. The van der Waals surface area contributed by atoms with E-state index >= 15 is 0 Å². The van der Waals surface area contributed by atoms with Gasteiger partial charge in [-0.25, -0.2) is 0 Å². The van der Waals surface area contributed by atoms with Crippen molar-refractivity contribution in [2.75, 3.05) is 5.75 Å². The molecule has 0 fully saturated rings. The Morgan fingerprint density at radius 2 is 2.04 bits per heavy atom. The zero-order valence-corrected chi connectivity index (χ0v) is 13.2. The molecule has 1 aromatic carbocycles. The number of hydrogen-bond donors (Lipinski definition) is 1. The van der Waals surface area contributed by atoms with E-state index in [1.54, 1.807) is 12.1 Å². The van der Waals surface area contributed by atoms with E-state index in [4.69, 9.17) is 8.83 Å². The summed E-state index contributed by atoms with van der Waals surface area (Å²) in [4.78, 5) is 12.0. The molecule has 0 aliphatic rings. The first kappa shape index (κ1) is 15.4. The minimum absolute atomic E-state index is 0.0503. The molecule has 0 saturated heterocycles. The summed E-state index contributed by atoms with van der Waals surface area (Å²) in [6.07, 6.45) is 1.53. The van der Waals surface area contributed by atoms with Crippen LogP contribution >= 0.6 is 11.8 Å². The summed E-state index contributed by atoms with van der Waals surface area (Å²) >= 11 is 1.19. The van der Waals surface area contributed by atoms with Crippen molar-refractivity contribution < 1.29 is 13.6 Å². The molecule has 2 aromatic heterocycles. The average Bonchev–Trinajstić information content (AvgIpc) is 3.25. The van der Waals surface area contributed by atoms with Gasteiger partial charge in [0.25, 0.3) is 11.1 Å². The van der Waals surface area contributed by atoms with E-state index in [2.05, 4.69) is 15.5 Å². The summed E-state index contributed by atoms with van der Waals surface area (Å²) in [5.74, 6) is 0.919. The zero-order valence-electron chi connectivity index (χ0n) is 12.4. The van der Waals surface area contributed by atoms with Gasteiger partial charge >= 0.3 is 0 Å². The second kappa shape index (κ2) is 7.15. The Kier molecular flexibility index (Phi) is 4.77. The second-order valence-corrected chi connectivity index (χ2v) is 5.77. The molecule has 3 aromatic rings. The highest BCUT2D eigenvalue weighted by atomic mass is 32.2. The minimum atomic E-state index is -0.0934. The monoisotopic (exact) mass is 329 g/mol. The first-order valence-corrected chi connectivity index (χ1v) is 8.05. The van der Waals surface area contributed by atoms with Crippen LogP contribution in [0.25, 0.3) is 11.7 Å². The van der Waals surface area contributed by atoms with Crippen LogP contribution in [0.2, 0.25) is 0 Å². The quantitative estimate of drug-likeness (QED) is 0.699. The molecule has 1 unspecified atom stereocenters. The van der Waals surface area contributed by atoms with Crippen molar-refractivity contribution in [3.63, 3.8) is 0 Å². The van der Waals surface area contributed by atoms with E-state index in [1.807, 2.05) is 37.3 Å². The summed E-state index contributed by atoms with van der Waals surface area (Å²) in [5, 5.41) is 11.0. The average molecular weight is 329 g/mol. The molecule has 118 valence electrons. The molecule has 6 nitrogen and oxygen atoms in total. The molecule has 0 bridgehead atoms. The normalized spacial score (nSPS) is 12.0. The van der Waals surface area contributed by atoms with Crippen LogP contribution in [0.3, 0.4) is 0 Å². The second-order valence-electron chi connectivity index (χ2n) is 4.84. The third-order valence-electron chi connectivity index (χ3n) is 3.14. The molecule has 3 rings (SSSR count). The fraction of sp³-hybridized carbons (Fsp3) is 0.188. The van der Waals surface area contributed by atoms with Crippen molar-refractivity contribution >= 4 is 17.7 Å². The third-order valence-corrected chi connectivity index (χ3v) is 3.96. The Balaban J connectivity index is 1.51. The van der Waals surface area contributed by atoms with E-state index in [9.17, 15) is 4.79 Å². The number of furan rings is 1. The first-order valence-electron chi connectivity index (χ1n) is 7.07. The van der Waals surface area contributed by atoms with Crippen LogP contribution in [-0.2, 0) is 4.79 Å². The summed E-state index contributed by atoms with van der Waals surface area (Å²) in [6.45, 7) is 1.94. The highest BCUT2D eigenvalue weighted by molar-refractivity contribution is 7.99. The number of nitrogens with zero attached hydrogens (tertiary/aromatic N) is 2. The summed E-state index contributed by atoms with van der Waals surface area (Å²) in [5.41, 5.74) is 1.06. The molecule has 0 saturated carbocycles. The van der Waals surface area contributed by atoms with Gasteiger partial charge in [-0.3, -0.25) is 4.79 Å². The van der Waals surface area contributed by atoms with Crippen molar-refractivity contribution in [2.45, 2.75) is 18.2 Å². The molecular weight excluding hydrogens is 314 g/mol. The number of thioether (sulfide) groups is 1.